The fraction of sp³-hybridized carbons (Fsp3) is 0.600. The summed E-state index contributed by atoms with van der Waals surface area (Å²) in [6, 6.07) is 8.23. The van der Waals surface area contributed by atoms with Crippen molar-refractivity contribution in [1.29, 1.82) is 0 Å². The standard InChI is InChI=1S/C15H26N2O/c1-15(2,8-9-16)12-17(3)11-13-6-5-7-14(10-13)18-4/h5-7,10H,8-9,11-12,16H2,1-4H3. The number of hydrogen-bond donors (Lipinski definition) is 1. The first-order chi connectivity index (χ1) is 8.46. The van der Waals surface area contributed by atoms with E-state index < -0.39 is 0 Å². The summed E-state index contributed by atoms with van der Waals surface area (Å²) in [5, 5.41) is 0. The normalized spacial score (nSPS) is 11.9. The Hall–Kier alpha value is -1.06. The molecule has 0 atom stereocenters. The maximum Gasteiger partial charge on any atom is 0.119 e. The fourth-order valence-electron chi connectivity index (χ4n) is 2.34. The minimum Gasteiger partial charge on any atom is -0.497 e. The average molecular weight is 250 g/mol. The minimum atomic E-state index is 0.266. The topological polar surface area (TPSA) is 38.5 Å². The zero-order chi connectivity index (χ0) is 13.6. The molecule has 1 aromatic carbocycles. The molecule has 102 valence electrons. The van der Waals surface area contributed by atoms with Gasteiger partial charge in [-0.3, -0.25) is 0 Å². The second kappa shape index (κ2) is 6.76. The molecular weight excluding hydrogens is 224 g/mol. The first-order valence-corrected chi connectivity index (χ1v) is 6.48. The van der Waals surface area contributed by atoms with E-state index in [0.717, 1.165) is 31.8 Å². The van der Waals surface area contributed by atoms with E-state index in [4.69, 9.17) is 10.5 Å². The molecule has 0 unspecified atom stereocenters. The Bertz CT molecular complexity index is 363. The highest BCUT2D eigenvalue weighted by Crippen LogP contribution is 2.22. The van der Waals surface area contributed by atoms with Crippen molar-refractivity contribution in [2.24, 2.45) is 11.1 Å². The summed E-state index contributed by atoms with van der Waals surface area (Å²) in [5.74, 6) is 0.919. The highest BCUT2D eigenvalue weighted by Gasteiger charge is 2.19. The Morgan fingerprint density at radius 3 is 2.67 bits per heavy atom. The fourth-order valence-corrected chi connectivity index (χ4v) is 2.34. The first kappa shape index (κ1) is 15.0. The van der Waals surface area contributed by atoms with Gasteiger partial charge in [0.15, 0.2) is 0 Å². The summed E-state index contributed by atoms with van der Waals surface area (Å²) < 4.78 is 5.24. The molecule has 3 nitrogen and oxygen atoms in total. The Kier molecular flexibility index (Phi) is 5.63. The summed E-state index contributed by atoms with van der Waals surface area (Å²) in [5.41, 5.74) is 7.19. The van der Waals surface area contributed by atoms with Gasteiger partial charge < -0.3 is 15.4 Å². The SMILES string of the molecule is COc1cccc(CN(C)CC(C)(C)CCN)c1. The van der Waals surface area contributed by atoms with E-state index in [-0.39, 0.29) is 5.41 Å². The molecule has 0 spiro atoms. The Labute approximate surface area is 111 Å². The zero-order valence-electron chi connectivity index (χ0n) is 12.1. The number of nitrogens with zero attached hydrogens (tertiary/aromatic N) is 1. The van der Waals surface area contributed by atoms with E-state index in [9.17, 15) is 0 Å². The van der Waals surface area contributed by atoms with Crippen LogP contribution >= 0.6 is 0 Å². The number of rotatable bonds is 7. The van der Waals surface area contributed by atoms with E-state index in [1.165, 1.54) is 5.56 Å². The zero-order valence-corrected chi connectivity index (χ0v) is 12.1. The van der Waals surface area contributed by atoms with E-state index in [2.05, 4.69) is 37.9 Å². The third-order valence-electron chi connectivity index (χ3n) is 3.11. The van der Waals surface area contributed by atoms with Crippen LogP contribution in [0.4, 0.5) is 0 Å². The van der Waals surface area contributed by atoms with Crippen molar-refractivity contribution >= 4 is 0 Å². The van der Waals surface area contributed by atoms with Gasteiger partial charge in [0.25, 0.3) is 0 Å². The second-order valence-corrected chi connectivity index (χ2v) is 5.73. The lowest BCUT2D eigenvalue weighted by molar-refractivity contribution is 0.195. The first-order valence-electron chi connectivity index (χ1n) is 6.48. The van der Waals surface area contributed by atoms with Gasteiger partial charge in [0.05, 0.1) is 7.11 Å². The quantitative estimate of drug-likeness (QED) is 0.808. The van der Waals surface area contributed by atoms with E-state index >= 15 is 0 Å². The van der Waals surface area contributed by atoms with Crippen LogP contribution in [0, 0.1) is 5.41 Å². The summed E-state index contributed by atoms with van der Waals surface area (Å²) >= 11 is 0. The van der Waals surface area contributed by atoms with Crippen molar-refractivity contribution in [3.63, 3.8) is 0 Å². The lowest BCUT2D eigenvalue weighted by Crippen LogP contribution is -2.32. The predicted octanol–water partition coefficient (Wildman–Crippen LogP) is 2.50. The second-order valence-electron chi connectivity index (χ2n) is 5.73. The molecule has 0 bridgehead atoms. The van der Waals surface area contributed by atoms with Crippen LogP contribution in [0.2, 0.25) is 0 Å². The third-order valence-corrected chi connectivity index (χ3v) is 3.11. The molecule has 0 saturated heterocycles. The molecule has 1 aromatic rings. The molecule has 0 fully saturated rings. The Morgan fingerprint density at radius 2 is 2.06 bits per heavy atom. The van der Waals surface area contributed by atoms with Gasteiger partial charge in [0.2, 0.25) is 0 Å². The van der Waals surface area contributed by atoms with E-state index in [0.29, 0.717) is 0 Å². The minimum absolute atomic E-state index is 0.266. The highest BCUT2D eigenvalue weighted by atomic mass is 16.5. The highest BCUT2D eigenvalue weighted by molar-refractivity contribution is 5.28. The van der Waals surface area contributed by atoms with Gasteiger partial charge in [-0.05, 0) is 43.1 Å². The van der Waals surface area contributed by atoms with Gasteiger partial charge in [-0.1, -0.05) is 26.0 Å². The van der Waals surface area contributed by atoms with Gasteiger partial charge >= 0.3 is 0 Å². The molecule has 0 amide bonds. The lowest BCUT2D eigenvalue weighted by atomic mass is 9.89. The van der Waals surface area contributed by atoms with Crippen LogP contribution in [0.15, 0.2) is 24.3 Å². The Balaban J connectivity index is 2.55. The molecule has 1 rings (SSSR count). The van der Waals surface area contributed by atoms with E-state index in [1.54, 1.807) is 7.11 Å². The molecule has 0 aliphatic heterocycles. The molecular formula is C15H26N2O. The van der Waals surface area contributed by atoms with Crippen LogP contribution in [-0.2, 0) is 6.54 Å². The summed E-state index contributed by atoms with van der Waals surface area (Å²) in [6.45, 7) is 7.26. The molecule has 0 saturated carbocycles. The molecule has 0 heterocycles. The molecule has 0 radical (unpaired) electrons. The van der Waals surface area contributed by atoms with Gasteiger partial charge in [-0.15, -0.1) is 0 Å². The van der Waals surface area contributed by atoms with Crippen LogP contribution in [0.5, 0.6) is 5.75 Å². The number of methoxy groups -OCH3 is 1. The summed E-state index contributed by atoms with van der Waals surface area (Å²) in [4.78, 5) is 2.34. The van der Waals surface area contributed by atoms with Gasteiger partial charge in [0.1, 0.15) is 5.75 Å². The van der Waals surface area contributed by atoms with Crippen LogP contribution in [0.3, 0.4) is 0 Å². The van der Waals surface area contributed by atoms with Crippen molar-refractivity contribution in [2.75, 3.05) is 27.2 Å². The molecule has 3 heteroatoms. The van der Waals surface area contributed by atoms with Crippen molar-refractivity contribution in [3.05, 3.63) is 29.8 Å². The van der Waals surface area contributed by atoms with Gasteiger partial charge in [-0.25, -0.2) is 0 Å². The largest absolute Gasteiger partial charge is 0.497 e. The van der Waals surface area contributed by atoms with Crippen LogP contribution in [0.25, 0.3) is 0 Å². The van der Waals surface area contributed by atoms with Crippen LogP contribution in [0.1, 0.15) is 25.8 Å². The number of ether oxygens (including phenoxy) is 1. The van der Waals surface area contributed by atoms with Gasteiger partial charge in [0, 0.05) is 13.1 Å². The molecule has 0 aromatic heterocycles. The average Bonchev–Trinajstić information content (AvgIpc) is 2.28. The summed E-state index contributed by atoms with van der Waals surface area (Å²) in [6.07, 6.45) is 1.05. The third kappa shape index (κ3) is 5.07. The lowest BCUT2D eigenvalue weighted by Gasteiger charge is -2.30. The smallest absolute Gasteiger partial charge is 0.119 e. The molecule has 18 heavy (non-hydrogen) atoms. The molecule has 0 aliphatic carbocycles. The molecule has 2 N–H and O–H groups in total. The predicted molar refractivity (Wildman–Crippen MR) is 76.8 cm³/mol. The maximum atomic E-state index is 5.65. The monoisotopic (exact) mass is 250 g/mol. The maximum absolute atomic E-state index is 5.65. The number of hydrogen-bond acceptors (Lipinski definition) is 3. The molecule has 0 aliphatic rings. The number of nitrogens with two attached hydrogens (primary N) is 1. The van der Waals surface area contributed by atoms with Crippen molar-refractivity contribution in [1.82, 2.24) is 4.90 Å². The van der Waals surface area contributed by atoms with Crippen molar-refractivity contribution in [2.45, 2.75) is 26.8 Å². The van der Waals surface area contributed by atoms with Crippen molar-refractivity contribution in [3.8, 4) is 5.75 Å². The van der Waals surface area contributed by atoms with Gasteiger partial charge in [-0.2, -0.15) is 0 Å². The number of benzene rings is 1. The Morgan fingerprint density at radius 1 is 1.33 bits per heavy atom. The van der Waals surface area contributed by atoms with Crippen LogP contribution < -0.4 is 10.5 Å². The van der Waals surface area contributed by atoms with E-state index in [1.807, 2.05) is 12.1 Å². The van der Waals surface area contributed by atoms with Crippen LogP contribution in [-0.4, -0.2) is 32.1 Å². The summed E-state index contributed by atoms with van der Waals surface area (Å²) in [7, 11) is 3.85. The van der Waals surface area contributed by atoms with Crippen molar-refractivity contribution < 1.29 is 4.74 Å².